The summed E-state index contributed by atoms with van der Waals surface area (Å²) in [7, 11) is 0. The number of halogens is 1. The molecule has 102 valence electrons. The van der Waals surface area contributed by atoms with E-state index in [1.165, 1.54) is 5.56 Å². The summed E-state index contributed by atoms with van der Waals surface area (Å²) in [6.07, 6.45) is 0.517. The molecular formula is C18H17ClO. The molecule has 1 aliphatic carbocycles. The third-order valence-electron chi connectivity index (χ3n) is 4.32. The second-order valence-electron chi connectivity index (χ2n) is 5.61. The van der Waals surface area contributed by atoms with Gasteiger partial charge in [-0.15, -0.1) is 11.6 Å². The van der Waals surface area contributed by atoms with Gasteiger partial charge < -0.3 is 0 Å². The predicted octanol–water partition coefficient (Wildman–Crippen LogP) is 4.52. The van der Waals surface area contributed by atoms with Crippen LogP contribution in [0.1, 0.15) is 36.3 Å². The Morgan fingerprint density at radius 1 is 0.950 bits per heavy atom. The topological polar surface area (TPSA) is 17.1 Å². The minimum Gasteiger partial charge on any atom is -0.298 e. The zero-order valence-corrected chi connectivity index (χ0v) is 12.2. The minimum atomic E-state index is -0.818. The molecule has 0 amide bonds. The number of carbonyl (C=O) groups excluding carboxylic acids is 1. The molecule has 20 heavy (non-hydrogen) atoms. The van der Waals surface area contributed by atoms with Gasteiger partial charge in [-0.2, -0.15) is 0 Å². The van der Waals surface area contributed by atoms with E-state index in [2.05, 4.69) is 24.3 Å². The molecule has 0 spiro atoms. The van der Waals surface area contributed by atoms with Crippen LogP contribution in [0.3, 0.4) is 0 Å². The van der Waals surface area contributed by atoms with Gasteiger partial charge in [0.2, 0.25) is 0 Å². The number of hydrogen-bond acceptors (Lipinski definition) is 1. The Kier molecular flexibility index (Phi) is 3.39. The number of carbonyl (C=O) groups is 1. The second-order valence-corrected chi connectivity index (χ2v) is 6.39. The zero-order valence-electron chi connectivity index (χ0n) is 11.4. The van der Waals surface area contributed by atoms with Gasteiger partial charge in [0, 0.05) is 12.3 Å². The van der Waals surface area contributed by atoms with Gasteiger partial charge in [-0.25, -0.2) is 0 Å². The van der Waals surface area contributed by atoms with Crippen molar-refractivity contribution in [1.82, 2.24) is 0 Å². The standard InChI is InChI=1S/C18H17ClO/c1-18(19)16(20)12-15(13-8-4-2-5-9-13)17(18)14-10-6-3-7-11-14/h2-11,15,17H,12H2,1H3/t15-,17-,18+/m0/s1. The van der Waals surface area contributed by atoms with Crippen molar-refractivity contribution in [3.05, 3.63) is 71.8 Å². The highest BCUT2D eigenvalue weighted by atomic mass is 35.5. The maximum Gasteiger partial charge on any atom is 0.154 e. The van der Waals surface area contributed by atoms with Gasteiger partial charge in [-0.3, -0.25) is 4.79 Å². The summed E-state index contributed by atoms with van der Waals surface area (Å²) in [5.74, 6) is 0.329. The maximum absolute atomic E-state index is 12.3. The first-order valence-electron chi connectivity index (χ1n) is 6.93. The molecule has 2 aromatic carbocycles. The quantitative estimate of drug-likeness (QED) is 0.741. The largest absolute Gasteiger partial charge is 0.298 e. The van der Waals surface area contributed by atoms with Gasteiger partial charge in [0.05, 0.1) is 0 Å². The summed E-state index contributed by atoms with van der Waals surface area (Å²) in [6.45, 7) is 1.86. The molecule has 1 saturated carbocycles. The van der Waals surface area contributed by atoms with Gasteiger partial charge in [-0.05, 0) is 24.0 Å². The summed E-state index contributed by atoms with van der Waals surface area (Å²) < 4.78 is 0. The molecule has 0 heterocycles. The molecule has 0 aliphatic heterocycles. The highest BCUT2D eigenvalue weighted by molar-refractivity contribution is 6.36. The van der Waals surface area contributed by atoms with Crippen LogP contribution in [0.5, 0.6) is 0 Å². The molecule has 0 N–H and O–H groups in total. The Morgan fingerprint density at radius 2 is 1.45 bits per heavy atom. The SMILES string of the molecule is C[C@@]1(Cl)C(=O)C[C@@H](c2ccccc2)[C@@H]1c1ccccc1. The third kappa shape index (κ3) is 2.16. The molecule has 1 fully saturated rings. The number of alkyl halides is 1. The lowest BCUT2D eigenvalue weighted by Crippen LogP contribution is -2.29. The first-order chi connectivity index (χ1) is 9.60. The molecule has 0 bridgehead atoms. The van der Waals surface area contributed by atoms with E-state index in [0.717, 1.165) is 5.56 Å². The van der Waals surface area contributed by atoms with E-state index in [4.69, 9.17) is 11.6 Å². The first kappa shape index (κ1) is 13.4. The number of ketones is 1. The molecule has 0 unspecified atom stereocenters. The summed E-state index contributed by atoms with van der Waals surface area (Å²) in [4.78, 5) is 11.5. The van der Waals surface area contributed by atoms with E-state index in [0.29, 0.717) is 6.42 Å². The van der Waals surface area contributed by atoms with Crippen molar-refractivity contribution in [2.24, 2.45) is 0 Å². The normalized spacial score (nSPS) is 29.6. The fraction of sp³-hybridized carbons (Fsp3) is 0.278. The van der Waals surface area contributed by atoms with Crippen LogP contribution in [0.15, 0.2) is 60.7 Å². The minimum absolute atomic E-state index is 0.0280. The maximum atomic E-state index is 12.3. The van der Waals surface area contributed by atoms with E-state index in [1.807, 2.05) is 43.3 Å². The van der Waals surface area contributed by atoms with E-state index in [9.17, 15) is 4.79 Å². The molecule has 0 aromatic heterocycles. The van der Waals surface area contributed by atoms with E-state index in [-0.39, 0.29) is 17.6 Å². The van der Waals surface area contributed by atoms with Crippen LogP contribution in [0, 0.1) is 0 Å². The highest BCUT2D eigenvalue weighted by Gasteiger charge is 2.51. The van der Waals surface area contributed by atoms with E-state index in [1.54, 1.807) is 0 Å². The molecule has 2 heteroatoms. The van der Waals surface area contributed by atoms with Crippen molar-refractivity contribution in [2.75, 3.05) is 0 Å². The van der Waals surface area contributed by atoms with Crippen LogP contribution in [0.4, 0.5) is 0 Å². The first-order valence-corrected chi connectivity index (χ1v) is 7.30. The van der Waals surface area contributed by atoms with E-state index >= 15 is 0 Å². The van der Waals surface area contributed by atoms with Crippen molar-refractivity contribution >= 4 is 17.4 Å². The number of benzene rings is 2. The Morgan fingerprint density at radius 3 is 2.00 bits per heavy atom. The number of Topliss-reactive ketones (excluding diaryl/α,β-unsaturated/α-hetero) is 1. The average molecular weight is 285 g/mol. The molecule has 0 radical (unpaired) electrons. The lowest BCUT2D eigenvalue weighted by molar-refractivity contribution is -0.119. The summed E-state index contributed by atoms with van der Waals surface area (Å²) in [6, 6.07) is 20.4. The summed E-state index contributed by atoms with van der Waals surface area (Å²) in [5.41, 5.74) is 2.34. The van der Waals surface area contributed by atoms with Gasteiger partial charge in [-0.1, -0.05) is 60.7 Å². The van der Waals surface area contributed by atoms with Crippen LogP contribution >= 0.6 is 11.6 Å². The molecular weight excluding hydrogens is 268 g/mol. The van der Waals surface area contributed by atoms with Crippen molar-refractivity contribution in [1.29, 1.82) is 0 Å². The van der Waals surface area contributed by atoms with Crippen molar-refractivity contribution in [3.8, 4) is 0 Å². The molecule has 2 aromatic rings. The Labute approximate surface area is 124 Å². The van der Waals surface area contributed by atoms with Crippen LogP contribution in [-0.2, 0) is 4.79 Å². The molecule has 1 nitrogen and oxygen atoms in total. The number of hydrogen-bond donors (Lipinski definition) is 0. The second kappa shape index (κ2) is 5.06. The highest BCUT2D eigenvalue weighted by Crippen LogP contribution is 2.52. The Balaban J connectivity index is 2.08. The molecule has 3 atom stereocenters. The Hall–Kier alpha value is -1.60. The van der Waals surface area contributed by atoms with Gasteiger partial charge in [0.1, 0.15) is 4.87 Å². The van der Waals surface area contributed by atoms with Crippen molar-refractivity contribution in [3.63, 3.8) is 0 Å². The monoisotopic (exact) mass is 284 g/mol. The fourth-order valence-corrected chi connectivity index (χ4v) is 3.64. The molecule has 3 rings (SSSR count). The fourth-order valence-electron chi connectivity index (χ4n) is 3.28. The summed E-state index contributed by atoms with van der Waals surface area (Å²) in [5, 5.41) is 0. The van der Waals surface area contributed by atoms with Crippen LogP contribution in [0.2, 0.25) is 0 Å². The lowest BCUT2D eigenvalue weighted by atomic mass is 9.80. The third-order valence-corrected chi connectivity index (χ3v) is 4.77. The van der Waals surface area contributed by atoms with E-state index < -0.39 is 4.87 Å². The van der Waals surface area contributed by atoms with Gasteiger partial charge >= 0.3 is 0 Å². The van der Waals surface area contributed by atoms with Crippen LogP contribution in [-0.4, -0.2) is 10.7 Å². The predicted molar refractivity (Wildman–Crippen MR) is 82.2 cm³/mol. The van der Waals surface area contributed by atoms with Crippen LogP contribution < -0.4 is 0 Å². The molecule has 1 aliphatic rings. The lowest BCUT2D eigenvalue weighted by Gasteiger charge is -2.28. The van der Waals surface area contributed by atoms with Gasteiger partial charge in [0.25, 0.3) is 0 Å². The summed E-state index contributed by atoms with van der Waals surface area (Å²) >= 11 is 6.61. The van der Waals surface area contributed by atoms with Crippen LogP contribution in [0.25, 0.3) is 0 Å². The average Bonchev–Trinajstić information content (AvgIpc) is 2.71. The zero-order chi connectivity index (χ0) is 14.2. The smallest absolute Gasteiger partial charge is 0.154 e. The van der Waals surface area contributed by atoms with Gasteiger partial charge in [0.15, 0.2) is 5.78 Å². The Bertz CT molecular complexity index is 604. The molecule has 0 saturated heterocycles. The number of rotatable bonds is 2. The van der Waals surface area contributed by atoms with Crippen molar-refractivity contribution in [2.45, 2.75) is 30.1 Å². The van der Waals surface area contributed by atoms with Crippen molar-refractivity contribution < 1.29 is 4.79 Å².